The molecule has 0 fully saturated rings. The largest absolute Gasteiger partial charge is 0.487 e. The summed E-state index contributed by atoms with van der Waals surface area (Å²) in [5.74, 6) is -0.132. The van der Waals surface area contributed by atoms with Crippen molar-refractivity contribution in [2.45, 2.75) is 131 Å². The molecule has 2 rings (SSSR count). The van der Waals surface area contributed by atoms with E-state index in [1.54, 1.807) is 0 Å². The number of nitrogens with two attached hydrogens (primary N) is 1. The highest BCUT2D eigenvalue weighted by Crippen LogP contribution is 2.45. The van der Waals surface area contributed by atoms with Crippen molar-refractivity contribution in [3.63, 3.8) is 0 Å². The lowest BCUT2D eigenvalue weighted by Crippen LogP contribution is -2.37. The fourth-order valence-corrected chi connectivity index (χ4v) is 5.14. The Kier molecular flexibility index (Phi) is 12.7. The molecule has 6 nitrogen and oxygen atoms in total. The molecule has 0 radical (unpaired) electrons. The van der Waals surface area contributed by atoms with Crippen molar-refractivity contribution < 1.29 is 24.2 Å². The summed E-state index contributed by atoms with van der Waals surface area (Å²) in [6.07, 6.45) is 15.1. The van der Waals surface area contributed by atoms with Crippen LogP contribution in [-0.2, 0) is 16.0 Å². The maximum atomic E-state index is 12.5. The molecule has 0 bridgehead atoms. The molecule has 1 aliphatic heterocycles. The Morgan fingerprint density at radius 3 is 2.15 bits per heavy atom. The summed E-state index contributed by atoms with van der Waals surface area (Å²) in [7, 11) is 0. The minimum absolute atomic E-state index is 0.0402. The number of carboxylic acid groups (broad SMARTS) is 1. The van der Waals surface area contributed by atoms with Gasteiger partial charge < -0.3 is 20.3 Å². The normalized spacial score (nSPS) is 18.0. The van der Waals surface area contributed by atoms with Crippen molar-refractivity contribution in [3.8, 4) is 11.5 Å². The van der Waals surface area contributed by atoms with Crippen molar-refractivity contribution in [2.75, 3.05) is 0 Å². The van der Waals surface area contributed by atoms with E-state index in [9.17, 15) is 9.59 Å². The number of carbonyl (C=O) groups excluding carboxylic acids is 1. The highest BCUT2D eigenvalue weighted by Gasteiger charge is 2.34. The zero-order valence-electron chi connectivity index (χ0n) is 26.0. The number of hydrogen-bond acceptors (Lipinski definition) is 5. The van der Waals surface area contributed by atoms with Gasteiger partial charge in [-0.25, -0.2) is 0 Å². The number of benzene rings is 1. The van der Waals surface area contributed by atoms with Crippen molar-refractivity contribution in [1.29, 1.82) is 0 Å². The smallest absolute Gasteiger partial charge is 0.320 e. The van der Waals surface area contributed by atoms with Gasteiger partial charge in [0.05, 0.1) is 0 Å². The second-order valence-corrected chi connectivity index (χ2v) is 12.0. The first-order valence-electron chi connectivity index (χ1n) is 14.7. The summed E-state index contributed by atoms with van der Waals surface area (Å²) in [4.78, 5) is 23.4. The standard InChI is InChI=1S/C34H51NO5/c1-22(2)12-9-13-23(3)14-10-15-24(4)16-11-20-34(8)21-19-28-27(7)31(25(5)26(6)32(28)40-34)39-30(36)18-17-29(35)33(37)38/h12,14,16,29H,9-11,13,15,17-21,35H2,1-8H3,(H,37,38)/b23-14+,24-16+. The molecule has 1 heterocycles. The van der Waals surface area contributed by atoms with Crippen LogP contribution in [0.2, 0.25) is 0 Å². The van der Waals surface area contributed by atoms with Gasteiger partial charge in [-0.1, -0.05) is 34.9 Å². The van der Waals surface area contributed by atoms with Gasteiger partial charge in [-0.15, -0.1) is 0 Å². The van der Waals surface area contributed by atoms with Gasteiger partial charge in [0.15, 0.2) is 0 Å². The highest BCUT2D eigenvalue weighted by molar-refractivity contribution is 5.77. The van der Waals surface area contributed by atoms with E-state index in [0.29, 0.717) is 5.75 Å². The summed E-state index contributed by atoms with van der Waals surface area (Å²) in [6.45, 7) is 16.9. The third-order valence-corrected chi connectivity index (χ3v) is 8.04. The van der Waals surface area contributed by atoms with Crippen molar-refractivity contribution in [1.82, 2.24) is 0 Å². The van der Waals surface area contributed by atoms with E-state index in [2.05, 4.69) is 52.8 Å². The van der Waals surface area contributed by atoms with Crippen LogP contribution >= 0.6 is 0 Å². The lowest BCUT2D eigenvalue weighted by atomic mass is 9.85. The van der Waals surface area contributed by atoms with E-state index in [4.69, 9.17) is 20.3 Å². The molecule has 1 aromatic carbocycles. The average molecular weight is 554 g/mol. The van der Waals surface area contributed by atoms with Crippen molar-refractivity contribution in [3.05, 3.63) is 57.2 Å². The lowest BCUT2D eigenvalue weighted by molar-refractivity contribution is -0.139. The van der Waals surface area contributed by atoms with Crippen LogP contribution in [0.4, 0.5) is 0 Å². The molecule has 1 aliphatic rings. The topological polar surface area (TPSA) is 98.9 Å². The van der Waals surface area contributed by atoms with Crippen LogP contribution in [0.1, 0.15) is 115 Å². The first kappa shape index (κ1) is 33.3. The van der Waals surface area contributed by atoms with E-state index >= 15 is 0 Å². The number of rotatable bonds is 14. The molecule has 0 amide bonds. The molecule has 1 aromatic rings. The van der Waals surface area contributed by atoms with Crippen LogP contribution in [0.15, 0.2) is 34.9 Å². The molecule has 0 aliphatic carbocycles. The molecule has 0 saturated heterocycles. The Bertz CT molecular complexity index is 1160. The van der Waals surface area contributed by atoms with E-state index in [1.165, 1.54) is 16.7 Å². The maximum absolute atomic E-state index is 12.5. The van der Waals surface area contributed by atoms with Gasteiger partial charge in [0.25, 0.3) is 0 Å². The average Bonchev–Trinajstić information content (AvgIpc) is 2.88. The molecular weight excluding hydrogens is 502 g/mol. The Hall–Kier alpha value is -2.86. The number of esters is 1. The third-order valence-electron chi connectivity index (χ3n) is 8.04. The number of allylic oxidation sites excluding steroid dienone is 6. The third kappa shape index (κ3) is 9.96. The van der Waals surface area contributed by atoms with Gasteiger partial charge in [0.2, 0.25) is 0 Å². The molecule has 3 N–H and O–H groups in total. The second kappa shape index (κ2) is 15.2. The molecule has 6 heteroatoms. The summed E-state index contributed by atoms with van der Waals surface area (Å²) in [5, 5.41) is 8.96. The molecule has 0 spiro atoms. The summed E-state index contributed by atoms with van der Waals surface area (Å²) >= 11 is 0. The van der Waals surface area contributed by atoms with Gasteiger partial charge >= 0.3 is 11.9 Å². The number of carbonyl (C=O) groups is 2. The van der Waals surface area contributed by atoms with Gasteiger partial charge in [0.1, 0.15) is 23.1 Å². The fourth-order valence-electron chi connectivity index (χ4n) is 5.14. The van der Waals surface area contributed by atoms with Crippen molar-refractivity contribution in [2.24, 2.45) is 5.73 Å². The predicted octanol–water partition coefficient (Wildman–Crippen LogP) is 7.99. The Balaban J connectivity index is 1.98. The molecule has 2 unspecified atom stereocenters. The molecular formula is C34H51NO5. The lowest BCUT2D eigenvalue weighted by Gasteiger charge is -2.38. The van der Waals surface area contributed by atoms with Crippen LogP contribution < -0.4 is 15.2 Å². The SMILES string of the molecule is CC(C)=CCC/C(C)=C/CC/C(C)=C/CCC1(C)CCc2c(C)c(OC(=O)CCC(N)C(=O)O)c(C)c(C)c2O1. The first-order valence-corrected chi connectivity index (χ1v) is 14.7. The summed E-state index contributed by atoms with van der Waals surface area (Å²) in [6, 6.07) is -1.08. The fraction of sp³-hybridized carbons (Fsp3) is 0.588. The first-order chi connectivity index (χ1) is 18.7. The van der Waals surface area contributed by atoms with Gasteiger partial charge in [-0.3, -0.25) is 9.59 Å². The monoisotopic (exact) mass is 553 g/mol. The second-order valence-electron chi connectivity index (χ2n) is 12.0. The van der Waals surface area contributed by atoms with Crippen LogP contribution in [0.3, 0.4) is 0 Å². The number of ether oxygens (including phenoxy) is 2. The molecule has 0 aromatic heterocycles. The predicted molar refractivity (Wildman–Crippen MR) is 163 cm³/mol. The summed E-state index contributed by atoms with van der Waals surface area (Å²) in [5.41, 5.74) is 13.4. The Labute approximate surface area is 241 Å². The van der Waals surface area contributed by atoms with E-state index in [0.717, 1.165) is 79.4 Å². The van der Waals surface area contributed by atoms with E-state index in [1.807, 2.05) is 20.8 Å². The zero-order valence-corrected chi connectivity index (χ0v) is 26.0. The number of carboxylic acids is 1. The quantitative estimate of drug-likeness (QED) is 0.138. The molecule has 40 heavy (non-hydrogen) atoms. The molecule has 2 atom stereocenters. The Morgan fingerprint density at radius 1 is 0.950 bits per heavy atom. The van der Waals surface area contributed by atoms with E-state index < -0.39 is 18.0 Å². The van der Waals surface area contributed by atoms with Crippen molar-refractivity contribution >= 4 is 11.9 Å². The summed E-state index contributed by atoms with van der Waals surface area (Å²) < 4.78 is 12.4. The van der Waals surface area contributed by atoms with Crippen LogP contribution in [0.25, 0.3) is 0 Å². The van der Waals surface area contributed by atoms with Gasteiger partial charge in [-0.2, -0.15) is 0 Å². The van der Waals surface area contributed by atoms with Gasteiger partial charge in [0, 0.05) is 12.0 Å². The van der Waals surface area contributed by atoms with E-state index in [-0.39, 0.29) is 18.4 Å². The minimum Gasteiger partial charge on any atom is -0.487 e. The number of aliphatic carboxylic acids is 1. The highest BCUT2D eigenvalue weighted by atomic mass is 16.5. The maximum Gasteiger partial charge on any atom is 0.320 e. The number of fused-ring (bicyclic) bond motifs is 1. The zero-order chi connectivity index (χ0) is 30.0. The van der Waals surface area contributed by atoms with Crippen LogP contribution in [-0.4, -0.2) is 28.7 Å². The van der Waals surface area contributed by atoms with Crippen LogP contribution in [0.5, 0.6) is 11.5 Å². The minimum atomic E-state index is -1.12. The Morgan fingerprint density at radius 2 is 1.55 bits per heavy atom. The molecule has 0 saturated carbocycles. The van der Waals surface area contributed by atoms with Crippen LogP contribution in [0, 0.1) is 20.8 Å². The number of hydrogen-bond donors (Lipinski definition) is 2. The molecule has 222 valence electrons. The van der Waals surface area contributed by atoms with Gasteiger partial charge in [-0.05, 0) is 130 Å².